The van der Waals surface area contributed by atoms with Crippen molar-refractivity contribution in [3.8, 4) is 5.75 Å². The maximum Gasteiger partial charge on any atom is 0.328 e. The molecule has 61 heavy (non-hydrogen) atoms. The molecular formula is C46H57N5O10. The van der Waals surface area contributed by atoms with Crippen molar-refractivity contribution < 1.29 is 49.2 Å². The van der Waals surface area contributed by atoms with E-state index < -0.39 is 72.4 Å². The molecule has 0 radical (unpaired) electrons. The monoisotopic (exact) mass is 839 g/mol. The molecule has 0 heterocycles. The normalized spacial score (nSPS) is 14.1. The molecule has 5 atom stereocenters. The predicted octanol–water partition coefficient (Wildman–Crippen LogP) is 3.40. The summed E-state index contributed by atoms with van der Waals surface area (Å²) in [7, 11) is 1.26. The van der Waals surface area contributed by atoms with Crippen molar-refractivity contribution in [2.75, 3.05) is 13.7 Å². The first kappa shape index (κ1) is 48.8. The fraction of sp³-hybridized carbons (Fsp3) is 0.348. The Hall–Kier alpha value is -6.58. The van der Waals surface area contributed by atoms with Crippen LogP contribution in [0.4, 0.5) is 0 Å². The van der Waals surface area contributed by atoms with Crippen LogP contribution in [0, 0.1) is 5.92 Å². The second-order valence-electron chi connectivity index (χ2n) is 14.9. The molecule has 0 unspecified atom stereocenters. The highest BCUT2D eigenvalue weighted by molar-refractivity contribution is 6.05. The summed E-state index contributed by atoms with van der Waals surface area (Å²) in [6.45, 7) is 6.04. The first-order valence-corrected chi connectivity index (χ1v) is 20.0. The quantitative estimate of drug-likeness (QED) is 0.0687. The Balaban J connectivity index is 1.92. The van der Waals surface area contributed by atoms with E-state index in [9.17, 15) is 49.2 Å². The van der Waals surface area contributed by atoms with E-state index in [0.29, 0.717) is 11.1 Å². The van der Waals surface area contributed by atoms with Gasteiger partial charge >= 0.3 is 5.97 Å². The van der Waals surface area contributed by atoms with Crippen molar-refractivity contribution in [3.05, 3.63) is 119 Å². The highest BCUT2D eigenvalue weighted by Gasteiger charge is 2.34. The maximum atomic E-state index is 14.2. The second kappa shape index (κ2) is 24.5. The molecule has 5 amide bonds. The van der Waals surface area contributed by atoms with Crippen LogP contribution in [-0.2, 0) is 35.2 Å². The van der Waals surface area contributed by atoms with Gasteiger partial charge in [-0.25, -0.2) is 4.79 Å². The fourth-order valence-electron chi connectivity index (χ4n) is 6.07. The number of allylic oxidation sites excluding steroid dienone is 1. The first-order valence-electron chi connectivity index (χ1n) is 20.0. The average molecular weight is 840 g/mol. The Kier molecular flexibility index (Phi) is 19.6. The van der Waals surface area contributed by atoms with Crippen molar-refractivity contribution in [2.24, 2.45) is 5.92 Å². The Bertz CT molecular complexity index is 2050. The molecule has 0 aromatic heterocycles. The van der Waals surface area contributed by atoms with Crippen molar-refractivity contribution in [1.29, 1.82) is 0 Å². The van der Waals surface area contributed by atoms with Gasteiger partial charge in [-0.2, -0.15) is 0 Å². The molecule has 3 aromatic rings. The second-order valence-corrected chi connectivity index (χ2v) is 14.9. The molecule has 0 fully saturated rings. The van der Waals surface area contributed by atoms with Crippen LogP contribution in [0.15, 0.2) is 96.7 Å². The van der Waals surface area contributed by atoms with Crippen LogP contribution in [0.2, 0.25) is 0 Å². The highest BCUT2D eigenvalue weighted by Crippen LogP contribution is 2.18. The molecule has 0 spiro atoms. The number of nitrogens with zero attached hydrogens (tertiary/aromatic N) is 1. The van der Waals surface area contributed by atoms with E-state index in [0.717, 1.165) is 28.9 Å². The third-order valence-corrected chi connectivity index (χ3v) is 9.37. The lowest BCUT2D eigenvalue weighted by atomic mass is 10.0. The van der Waals surface area contributed by atoms with E-state index in [4.69, 9.17) is 0 Å². The average Bonchev–Trinajstić information content (AvgIpc) is 3.23. The van der Waals surface area contributed by atoms with E-state index in [2.05, 4.69) is 28.2 Å². The zero-order chi connectivity index (χ0) is 45.1. The number of hydrogen-bond donors (Lipinski definition) is 8. The van der Waals surface area contributed by atoms with Crippen LogP contribution in [0.25, 0.3) is 18.2 Å². The lowest BCUT2D eigenvalue weighted by Gasteiger charge is -2.28. The number of aliphatic hydroxyl groups excluding tert-OH is 2. The molecule has 326 valence electrons. The molecule has 3 aromatic carbocycles. The molecule has 0 aliphatic carbocycles. The number of carbonyl (C=O) groups excluding carboxylic acids is 5. The third-order valence-electron chi connectivity index (χ3n) is 9.37. The number of nitrogens with one attached hydrogen (secondary N) is 4. The molecule has 0 aliphatic rings. The van der Waals surface area contributed by atoms with Crippen molar-refractivity contribution in [3.63, 3.8) is 0 Å². The van der Waals surface area contributed by atoms with Crippen LogP contribution < -0.4 is 21.3 Å². The number of amides is 5. The molecule has 3 rings (SSSR count). The predicted molar refractivity (Wildman–Crippen MR) is 232 cm³/mol. The van der Waals surface area contributed by atoms with Crippen molar-refractivity contribution in [2.45, 2.75) is 83.6 Å². The van der Waals surface area contributed by atoms with Crippen LogP contribution in [-0.4, -0.2) is 105 Å². The van der Waals surface area contributed by atoms with Crippen LogP contribution >= 0.6 is 0 Å². The number of aromatic hydroxyl groups is 1. The summed E-state index contributed by atoms with van der Waals surface area (Å²) in [6.07, 6.45) is 8.51. The highest BCUT2D eigenvalue weighted by atomic mass is 16.4. The first-order chi connectivity index (χ1) is 29.0. The number of rotatable bonds is 22. The van der Waals surface area contributed by atoms with Gasteiger partial charge in [0.2, 0.25) is 17.7 Å². The van der Waals surface area contributed by atoms with Crippen LogP contribution in [0.5, 0.6) is 5.75 Å². The molecule has 0 saturated heterocycles. The number of unbranched alkanes of at least 4 members (excludes halogenated alkanes) is 1. The molecule has 8 N–H and O–H groups in total. The number of aliphatic hydroxyl groups is 2. The summed E-state index contributed by atoms with van der Waals surface area (Å²) in [5.74, 6) is -5.89. The number of likely N-dealkylation sites (N-methyl/N-ethyl adjacent to an activating group) is 1. The summed E-state index contributed by atoms with van der Waals surface area (Å²) >= 11 is 0. The van der Waals surface area contributed by atoms with Gasteiger partial charge < -0.3 is 46.6 Å². The summed E-state index contributed by atoms with van der Waals surface area (Å²) in [5, 5.41) is 49.8. The number of aliphatic carboxylic acids is 1. The van der Waals surface area contributed by atoms with E-state index >= 15 is 0 Å². The third kappa shape index (κ3) is 15.8. The van der Waals surface area contributed by atoms with E-state index in [1.807, 2.05) is 36.4 Å². The van der Waals surface area contributed by atoms with Gasteiger partial charge in [-0.3, -0.25) is 24.0 Å². The number of phenolic OH excluding ortho intramolecular Hbond substituents is 1. The van der Waals surface area contributed by atoms with Gasteiger partial charge in [-0.05, 0) is 72.2 Å². The maximum absolute atomic E-state index is 14.2. The topological polar surface area (TPSA) is 235 Å². The number of phenols is 1. The van der Waals surface area contributed by atoms with Gasteiger partial charge in [0.15, 0.2) is 6.04 Å². The van der Waals surface area contributed by atoms with Crippen molar-refractivity contribution in [1.82, 2.24) is 26.2 Å². The number of carbonyl (C=O) groups is 6. The van der Waals surface area contributed by atoms with Gasteiger partial charge in [0, 0.05) is 19.5 Å². The van der Waals surface area contributed by atoms with E-state index in [1.165, 1.54) is 50.4 Å². The summed E-state index contributed by atoms with van der Waals surface area (Å²) in [4.78, 5) is 81.5. The molecular weight excluding hydrogens is 783 g/mol. The lowest BCUT2D eigenvalue weighted by molar-refractivity contribution is -0.145. The SMILES string of the molecule is CCC/C=C\c1ccccc1/C=C/C(=O)N[C@@H](CO)C(=O)N(C)/C(=C/c1ccc(O)cc1)C(=O)N[C@@H](CC(C)C)C(=O)N[C@H](Cc1ccccc1)C(=O)N[C@H](C(=O)O)[C@H](C)O. The largest absolute Gasteiger partial charge is 0.508 e. The molecule has 0 aliphatic heterocycles. The van der Waals surface area contributed by atoms with E-state index in [-0.39, 0.29) is 30.2 Å². The molecule has 15 heteroatoms. The standard InChI is InChI=1S/C46H57N5O10/c1-6-7-9-16-33-17-12-13-18-34(33)21-24-40(55)47-38(28-52)45(59)51(5)39(27-32-19-22-35(54)23-20-32)44(58)49-36(25-29(2)3)42(56)48-37(26-31-14-10-8-11-15-31)43(57)50-41(30(4)53)46(60)61/h8-24,27,29-30,36-38,41,52-54H,6-7,25-26,28H2,1-5H3,(H,47,55)(H,48,56)(H,49,58)(H,50,57)(H,60,61)/b16-9-,24-21+,39-27+/t30-,36-,37+,38-,41-/m0/s1. The van der Waals surface area contributed by atoms with Crippen molar-refractivity contribution >= 4 is 53.7 Å². The van der Waals surface area contributed by atoms with Gasteiger partial charge in [0.05, 0.1) is 12.7 Å². The number of benzene rings is 3. The number of hydrogen-bond acceptors (Lipinski definition) is 9. The zero-order valence-electron chi connectivity index (χ0n) is 35.1. The van der Waals surface area contributed by atoms with Crippen LogP contribution in [0.1, 0.15) is 69.2 Å². The summed E-state index contributed by atoms with van der Waals surface area (Å²) < 4.78 is 0. The fourth-order valence-corrected chi connectivity index (χ4v) is 6.07. The Morgan fingerprint density at radius 1 is 0.754 bits per heavy atom. The lowest BCUT2D eigenvalue weighted by Crippen LogP contribution is -2.58. The van der Waals surface area contributed by atoms with Crippen LogP contribution in [0.3, 0.4) is 0 Å². The van der Waals surface area contributed by atoms with Gasteiger partial charge in [-0.1, -0.05) is 106 Å². The molecule has 0 saturated carbocycles. The molecule has 0 bridgehead atoms. The summed E-state index contributed by atoms with van der Waals surface area (Å²) in [5.41, 5.74) is 2.33. The minimum absolute atomic E-state index is 0.0609. The Labute approximate surface area is 356 Å². The number of carboxylic acids is 1. The molecule has 15 nitrogen and oxygen atoms in total. The van der Waals surface area contributed by atoms with Gasteiger partial charge in [-0.15, -0.1) is 0 Å². The smallest absolute Gasteiger partial charge is 0.328 e. The minimum atomic E-state index is -1.67. The zero-order valence-corrected chi connectivity index (χ0v) is 35.1. The Morgan fingerprint density at radius 2 is 1.36 bits per heavy atom. The van der Waals surface area contributed by atoms with Gasteiger partial charge in [0.25, 0.3) is 11.8 Å². The minimum Gasteiger partial charge on any atom is -0.508 e. The Morgan fingerprint density at radius 3 is 1.93 bits per heavy atom. The summed E-state index contributed by atoms with van der Waals surface area (Å²) in [6, 6.07) is 15.9. The van der Waals surface area contributed by atoms with Gasteiger partial charge in [0.1, 0.15) is 29.6 Å². The number of carboxylic acid groups (broad SMARTS) is 1. The van der Waals surface area contributed by atoms with E-state index in [1.54, 1.807) is 50.3 Å².